The molecule has 6 N–H and O–H groups in total. The number of aromatic hydroxyl groups is 2. The molecule has 0 radical (unpaired) electrons. The zero-order valence-corrected chi connectivity index (χ0v) is 80.1. The molecule has 6 aliphatic heterocycles. The number of rotatable bonds is 23. The Bertz CT molecular complexity index is 6830. The van der Waals surface area contributed by atoms with E-state index in [-0.39, 0.29) is 124 Å². The van der Waals surface area contributed by atoms with Gasteiger partial charge >= 0.3 is 0 Å². The number of amides is 6. The second-order valence-corrected chi connectivity index (χ2v) is 38.0. The lowest BCUT2D eigenvalue weighted by atomic mass is 9.92. The second-order valence-electron chi connectivity index (χ2n) is 38.0. The number of halogens is 4. The normalized spacial score (nSPS) is 18.3. The molecule has 4 atom stereocenters. The topological polar surface area (TPSA) is 238 Å². The number of allylic oxidation sites excluding steroid dienone is 1. The van der Waals surface area contributed by atoms with Crippen molar-refractivity contribution in [3.63, 3.8) is 0 Å². The van der Waals surface area contributed by atoms with E-state index in [0.717, 1.165) is 201 Å². The number of ether oxygens (including phenoxy) is 3. The molecule has 21 nitrogen and oxygen atoms in total. The number of hydrogen-bond donors (Lipinski definition) is 6. The predicted octanol–water partition coefficient (Wildman–Crippen LogP) is 21.0. The van der Waals surface area contributed by atoms with E-state index in [9.17, 15) is 56.5 Å². The number of nitrogens with one attached hydrogen (secondary N) is 4. The maximum absolute atomic E-state index is 13.4. The molecular formula is C117H130F4N10O11. The summed E-state index contributed by atoms with van der Waals surface area (Å²) >= 11 is 0. The van der Waals surface area contributed by atoms with Crippen LogP contribution in [0.5, 0.6) is 28.7 Å². The van der Waals surface area contributed by atoms with Crippen molar-refractivity contribution in [3.8, 4) is 39.9 Å². The molecule has 13 aromatic rings. The zero-order chi connectivity index (χ0) is 98.5. The van der Waals surface area contributed by atoms with E-state index >= 15 is 0 Å². The first-order valence-corrected chi connectivity index (χ1v) is 49.1. The van der Waals surface area contributed by atoms with Gasteiger partial charge in [0.25, 0.3) is 17.7 Å². The lowest BCUT2D eigenvalue weighted by molar-refractivity contribution is -0.118. The SMILES string of the molecule is COc1ccc(C(=O)N2CCC(=CC(=O)NC3CCN(Cc4ccc5cc(F)ccc5c4)C3)CC2)c(O)c1.COc1cccc(C(=O)N2CCC(=CC(=O)NC3CCN(Cc4ccc5cc(F)ccc5c4)C3)CC2)c1O.O=C(C=C1CCC(Oc2ccccc2)CC1)N[C@@H]1CCN(Cc2ccc3cc(F)ccc3c2)C1.O=C(N[C@@H]1CCN(Cc2ccc3cc(F)ccc3c2)C1)c1ccccc1-c1ccccc1.[HH].[HH].[HH].[HH].[HH]. The summed E-state index contributed by atoms with van der Waals surface area (Å²) < 4.78 is 69.9. The Balaban J connectivity index is 0.000000173. The summed E-state index contributed by atoms with van der Waals surface area (Å²) in [4.78, 5) is 89.5. The maximum Gasteiger partial charge on any atom is 0.257 e. The summed E-state index contributed by atoms with van der Waals surface area (Å²) in [6.07, 6.45) is 15.3. The van der Waals surface area contributed by atoms with Gasteiger partial charge in [-0.15, -0.1) is 0 Å². The van der Waals surface area contributed by atoms with Crippen LogP contribution in [0.4, 0.5) is 17.6 Å². The van der Waals surface area contributed by atoms with Crippen LogP contribution in [0, 0.1) is 23.3 Å². The van der Waals surface area contributed by atoms with Crippen molar-refractivity contribution in [3.05, 3.63) is 364 Å². The van der Waals surface area contributed by atoms with Gasteiger partial charge < -0.3 is 55.5 Å². The Labute approximate surface area is 832 Å². The van der Waals surface area contributed by atoms with E-state index in [2.05, 4.69) is 77.3 Å². The Morgan fingerprint density at radius 2 is 0.704 bits per heavy atom. The number of fused-ring (bicyclic) bond motifs is 4. The van der Waals surface area contributed by atoms with Crippen molar-refractivity contribution in [2.75, 3.05) is 92.8 Å². The highest BCUT2D eigenvalue weighted by Crippen LogP contribution is 2.36. The standard InChI is InChI=1S/2C30H32FN3O4.C29H31FN2O2.C28H25FN2O.5H2/c1-38-26-6-7-27(28(35)17-26)30(37)34-12-8-20(9-13-34)15-29(36)32-25-10-11-33(19-25)18-21-2-3-23-16-24(31)5-4-22(23)14-21;1-38-27-4-2-3-26(29(27)36)30(37)34-13-9-20(10-14-34)16-28(35)32-25-11-12-33(19-25)18-21-5-6-23-17-24(31)8-7-22(23)15-21;30-25-11-10-23-16-22(6-9-24(23)18-25)19-32-15-14-26(20-32)31-29(33)17-21-7-12-28(13-8-21)34-27-4-2-1-3-5-27;29-24-13-12-22-16-20(10-11-23(22)17-24)18-31-15-14-25(19-31)30-28(32)27-9-5-4-8-26(27)21-6-2-1-3-7-21;;;;;/h2-7,14-17,25,35H,8-13,18-19H2,1H3,(H,32,36);2-8,15-17,25,36H,9-14,18-19H2,1H3,(H,32,35);1-6,9-11,16-18,26,28H,7-8,12-15,19-20H2,(H,31,33);1-13,16-17,25H,14-15,18-19H2,(H,30,32);5*1H/t;;26-,28?;25-;;;;;/m..11...../s1. The highest BCUT2D eigenvalue weighted by atomic mass is 19.1. The van der Waals surface area contributed by atoms with Crippen LogP contribution in [-0.4, -0.2) is 198 Å². The van der Waals surface area contributed by atoms with E-state index < -0.39 is 0 Å². The molecule has 0 aromatic heterocycles. The molecule has 7 aliphatic rings. The maximum atomic E-state index is 13.4. The summed E-state index contributed by atoms with van der Waals surface area (Å²) in [5.74, 6) is -0.0996. The van der Waals surface area contributed by atoms with Crippen molar-refractivity contribution in [1.82, 2.24) is 50.7 Å². The third kappa shape index (κ3) is 26.8. The van der Waals surface area contributed by atoms with E-state index in [1.807, 2.05) is 140 Å². The number of phenolic OH excluding ortho intramolecular Hbond substituents is 2. The van der Waals surface area contributed by atoms with E-state index in [4.69, 9.17) is 14.2 Å². The third-order valence-corrected chi connectivity index (χ3v) is 27.7. The van der Waals surface area contributed by atoms with Crippen LogP contribution < -0.4 is 35.5 Å². The highest BCUT2D eigenvalue weighted by molar-refractivity contribution is 6.02. The van der Waals surface area contributed by atoms with Crippen LogP contribution in [-0.2, 0) is 40.6 Å². The van der Waals surface area contributed by atoms with Crippen molar-refractivity contribution in [2.45, 2.75) is 134 Å². The Kier molecular flexibility index (Phi) is 32.9. The van der Waals surface area contributed by atoms with Gasteiger partial charge in [-0.3, -0.25) is 48.4 Å². The molecule has 6 saturated heterocycles. The van der Waals surface area contributed by atoms with Gasteiger partial charge in [-0.2, -0.15) is 0 Å². The number of carbonyl (C=O) groups excluding carboxylic acids is 6. The average Bonchev–Trinajstić information content (AvgIpc) is 1.73. The fourth-order valence-corrected chi connectivity index (χ4v) is 20.2. The number of para-hydroxylation sites is 2. The lowest BCUT2D eigenvalue weighted by Crippen LogP contribution is -2.38. The van der Waals surface area contributed by atoms with Crippen molar-refractivity contribution in [2.24, 2.45) is 0 Å². The van der Waals surface area contributed by atoms with Gasteiger partial charge in [0.2, 0.25) is 17.7 Å². The first-order valence-electron chi connectivity index (χ1n) is 49.1. The number of hydrogen-bond acceptors (Lipinski definition) is 15. The second kappa shape index (κ2) is 47.2. The van der Waals surface area contributed by atoms with Gasteiger partial charge in [-0.05, 0) is 269 Å². The molecule has 742 valence electrons. The van der Waals surface area contributed by atoms with Gasteiger partial charge in [0.05, 0.1) is 31.5 Å². The molecular weight excluding hydrogens is 1800 g/mol. The molecule has 142 heavy (non-hydrogen) atoms. The third-order valence-electron chi connectivity index (χ3n) is 27.7. The van der Waals surface area contributed by atoms with Crippen LogP contribution in [0.2, 0.25) is 0 Å². The van der Waals surface area contributed by atoms with Crippen molar-refractivity contribution < 1.29 is 77.9 Å². The van der Waals surface area contributed by atoms with Crippen LogP contribution in [0.25, 0.3) is 54.2 Å². The molecule has 2 unspecified atom stereocenters. The fourth-order valence-electron chi connectivity index (χ4n) is 20.2. The van der Waals surface area contributed by atoms with E-state index in [1.165, 1.54) is 72.4 Å². The van der Waals surface area contributed by atoms with Gasteiger partial charge in [-0.1, -0.05) is 162 Å². The quantitative estimate of drug-likeness (QED) is 0.0258. The van der Waals surface area contributed by atoms with Crippen LogP contribution in [0.3, 0.4) is 0 Å². The largest absolute Gasteiger partial charge is 0.507 e. The summed E-state index contributed by atoms with van der Waals surface area (Å²) in [6.45, 7) is 12.1. The van der Waals surface area contributed by atoms with Gasteiger partial charge in [0.15, 0.2) is 11.5 Å². The molecule has 20 rings (SSSR count). The molecule has 1 saturated carbocycles. The monoisotopic (exact) mass is 1930 g/mol. The number of methoxy groups -OCH3 is 2. The summed E-state index contributed by atoms with van der Waals surface area (Å²) in [5.41, 5.74) is 11.2. The van der Waals surface area contributed by atoms with Crippen LogP contribution in [0.1, 0.15) is 138 Å². The lowest BCUT2D eigenvalue weighted by Gasteiger charge is -2.29. The van der Waals surface area contributed by atoms with Gasteiger partial charge in [0, 0.05) is 166 Å². The number of piperidine rings is 2. The smallest absolute Gasteiger partial charge is 0.257 e. The van der Waals surface area contributed by atoms with E-state index in [1.54, 1.807) is 88.7 Å². The summed E-state index contributed by atoms with van der Waals surface area (Å²) in [5, 5.41) is 40.9. The minimum absolute atomic E-state index is 0. The average molecular weight is 1930 g/mol. The molecule has 6 amide bonds. The highest BCUT2D eigenvalue weighted by Gasteiger charge is 2.32. The van der Waals surface area contributed by atoms with Crippen LogP contribution >= 0.6 is 0 Å². The molecule has 13 aromatic carbocycles. The first-order chi connectivity index (χ1) is 69.0. The number of nitrogens with zero attached hydrogens (tertiary/aromatic N) is 6. The first kappa shape index (κ1) is 99.1. The van der Waals surface area contributed by atoms with Crippen molar-refractivity contribution in [1.29, 1.82) is 0 Å². The summed E-state index contributed by atoms with van der Waals surface area (Å²) in [7, 11) is 2.95. The van der Waals surface area contributed by atoms with Gasteiger partial charge in [-0.25, -0.2) is 17.6 Å². The molecule has 1 aliphatic carbocycles. The molecule has 6 heterocycles. The number of benzene rings is 13. The number of phenols is 2. The van der Waals surface area contributed by atoms with Gasteiger partial charge in [0.1, 0.15) is 40.5 Å². The minimum Gasteiger partial charge on any atom is -0.507 e. The Morgan fingerprint density at radius 3 is 1.11 bits per heavy atom. The molecule has 7 fully saturated rings. The van der Waals surface area contributed by atoms with E-state index in [0.29, 0.717) is 63.2 Å². The minimum atomic E-state index is -0.241. The molecule has 0 bridgehead atoms. The summed E-state index contributed by atoms with van der Waals surface area (Å²) in [6, 6.07) is 81.7. The fraction of sp³-hybridized carbons (Fsp3) is 0.299. The molecule has 25 heteroatoms. The van der Waals surface area contributed by atoms with Crippen molar-refractivity contribution >= 4 is 78.5 Å². The zero-order valence-electron chi connectivity index (χ0n) is 80.1. The molecule has 0 spiro atoms. The predicted molar refractivity (Wildman–Crippen MR) is 558 cm³/mol. The number of likely N-dealkylation sites (tertiary alicyclic amines) is 6. The Morgan fingerprint density at radius 1 is 0.345 bits per heavy atom. The number of carbonyl (C=O) groups is 6. The van der Waals surface area contributed by atoms with Crippen LogP contribution in [0.15, 0.2) is 302 Å². The Hall–Kier alpha value is -14.5.